The lowest BCUT2D eigenvalue weighted by Crippen LogP contribution is -2.70. The summed E-state index contributed by atoms with van der Waals surface area (Å²) < 4.78 is 59.5. The van der Waals surface area contributed by atoms with Crippen LogP contribution in [0.1, 0.15) is 45.0 Å². The molecule has 2 N–H and O–H groups in total. The molecule has 0 aromatic carbocycles. The Balaban J connectivity index is 1.46. The molecule has 0 unspecified atom stereocenters. The number of aliphatic hydroxyl groups excluding tert-OH is 2. The molecule has 1 aromatic heterocycles. The van der Waals surface area contributed by atoms with Gasteiger partial charge in [-0.1, -0.05) is 13.0 Å². The zero-order valence-corrected chi connectivity index (χ0v) is 20.6. The highest BCUT2D eigenvalue weighted by atomic mass is 32.1. The molecule has 6 nitrogen and oxygen atoms in total. The third kappa shape index (κ3) is 2.67. The Morgan fingerprint density at radius 3 is 2.67 bits per heavy atom. The van der Waals surface area contributed by atoms with Crippen molar-refractivity contribution in [2.75, 3.05) is 6.61 Å². The number of carbonyl (C=O) groups excluding carboxylic acids is 2. The molecule has 194 valence electrons. The van der Waals surface area contributed by atoms with E-state index in [4.69, 9.17) is 9.47 Å². The van der Waals surface area contributed by atoms with Crippen LogP contribution in [-0.2, 0) is 19.1 Å². The van der Waals surface area contributed by atoms with E-state index < -0.39 is 82.6 Å². The normalized spacial score (nSPS) is 49.2. The summed E-state index contributed by atoms with van der Waals surface area (Å²) in [6.07, 6.45) is -2.13. The van der Waals surface area contributed by atoms with E-state index >= 15 is 8.78 Å². The molecule has 10 heteroatoms. The van der Waals surface area contributed by atoms with E-state index in [1.807, 2.05) is 0 Å². The number of thiophene rings is 1. The molecule has 10 atom stereocenters. The minimum absolute atomic E-state index is 0.0104. The van der Waals surface area contributed by atoms with E-state index in [2.05, 4.69) is 0 Å². The van der Waals surface area contributed by atoms with Gasteiger partial charge < -0.3 is 19.7 Å². The molecule has 1 aliphatic heterocycles. The molecule has 4 aliphatic carbocycles. The van der Waals surface area contributed by atoms with Crippen LogP contribution >= 0.6 is 11.3 Å². The first-order chi connectivity index (χ1) is 16.9. The van der Waals surface area contributed by atoms with E-state index in [1.54, 1.807) is 6.92 Å². The van der Waals surface area contributed by atoms with Gasteiger partial charge in [0.05, 0.1) is 17.8 Å². The molecule has 1 aromatic rings. The standard InChI is InChI=1S/C26H27F3O6S/c1-23-4-3-12(31)5-16(23)17(27)6-15-14-7-21-26(20(33)9-30,24(14,2)8-19(32)25(15,23)29)35-22(34-21)13-10-36-11-18(13)28/h3-5,10-11,14-15,17,19,21-22,30,32H,6-9H2,1-2H3/t14-,15-,17-,19-,21+,22+,23-,24-,25-,26+/m0/s1. The second kappa shape index (κ2) is 7.60. The summed E-state index contributed by atoms with van der Waals surface area (Å²) in [6.45, 7) is 2.30. The number of alkyl halides is 2. The van der Waals surface area contributed by atoms with Gasteiger partial charge in [0.25, 0.3) is 0 Å². The van der Waals surface area contributed by atoms with Crippen molar-refractivity contribution in [2.24, 2.45) is 22.7 Å². The number of hydrogen-bond donors (Lipinski definition) is 2. The smallest absolute Gasteiger partial charge is 0.193 e. The SMILES string of the molecule is C[C@]12C=CC(=O)C=C1[C@@H](F)C[C@H]1[C@@H]3C[C@H]4O[C@@H](c5cscc5F)O[C@@]4(C(=O)CO)[C@@]3(C)C[C@H](O)[C@@]12F. The monoisotopic (exact) mass is 524 g/mol. The molecule has 4 fully saturated rings. The summed E-state index contributed by atoms with van der Waals surface area (Å²) in [5.74, 6) is -3.36. The Kier molecular flexibility index (Phi) is 5.17. The van der Waals surface area contributed by atoms with Gasteiger partial charge in [-0.25, -0.2) is 13.2 Å². The minimum atomic E-state index is -2.32. The zero-order chi connectivity index (χ0) is 25.8. The highest BCUT2D eigenvalue weighted by molar-refractivity contribution is 7.08. The van der Waals surface area contributed by atoms with Crippen LogP contribution in [0.2, 0.25) is 0 Å². The van der Waals surface area contributed by atoms with Crippen LogP contribution in [0.4, 0.5) is 13.2 Å². The second-order valence-corrected chi connectivity index (χ2v) is 11.9. The maximum Gasteiger partial charge on any atom is 0.193 e. The number of halogens is 3. The van der Waals surface area contributed by atoms with E-state index in [-0.39, 0.29) is 30.4 Å². The van der Waals surface area contributed by atoms with E-state index in [1.165, 1.54) is 29.8 Å². The molecule has 0 spiro atoms. The minimum Gasteiger partial charge on any atom is -0.390 e. The fourth-order valence-electron chi connectivity index (χ4n) is 8.16. The molecule has 6 rings (SSSR count). The summed E-state index contributed by atoms with van der Waals surface area (Å²) in [6, 6.07) is 0. The van der Waals surface area contributed by atoms with Crippen molar-refractivity contribution < 1.29 is 42.4 Å². The zero-order valence-electron chi connectivity index (χ0n) is 19.7. The average Bonchev–Trinajstić information content (AvgIpc) is 3.49. The molecule has 3 saturated carbocycles. The van der Waals surface area contributed by atoms with E-state index in [0.717, 1.165) is 17.4 Å². The summed E-state index contributed by atoms with van der Waals surface area (Å²) in [5.41, 5.74) is -6.74. The van der Waals surface area contributed by atoms with Crippen LogP contribution in [0, 0.1) is 28.5 Å². The Morgan fingerprint density at radius 2 is 2.00 bits per heavy atom. The first kappa shape index (κ1) is 24.5. The highest BCUT2D eigenvalue weighted by Gasteiger charge is 2.80. The molecule has 5 aliphatic rings. The predicted octanol–water partition coefficient (Wildman–Crippen LogP) is 3.53. The van der Waals surface area contributed by atoms with Crippen molar-refractivity contribution in [3.8, 4) is 0 Å². The molecule has 1 saturated heterocycles. The highest BCUT2D eigenvalue weighted by Crippen LogP contribution is 2.72. The van der Waals surface area contributed by atoms with Crippen molar-refractivity contribution in [3.63, 3.8) is 0 Å². The number of ketones is 2. The molecule has 0 bridgehead atoms. The Morgan fingerprint density at radius 1 is 1.25 bits per heavy atom. The van der Waals surface area contributed by atoms with Crippen LogP contribution in [-0.4, -0.2) is 58.0 Å². The first-order valence-corrected chi connectivity index (χ1v) is 13.0. The van der Waals surface area contributed by atoms with Crippen LogP contribution in [0.15, 0.2) is 34.6 Å². The number of carbonyl (C=O) groups is 2. The third-order valence-corrected chi connectivity index (χ3v) is 10.6. The maximum atomic E-state index is 17.3. The molecular formula is C26H27F3O6S. The lowest BCUT2D eigenvalue weighted by molar-refractivity contribution is -0.235. The van der Waals surface area contributed by atoms with Gasteiger partial charge in [-0.05, 0) is 49.8 Å². The fraction of sp³-hybridized carbons (Fsp3) is 0.615. The summed E-state index contributed by atoms with van der Waals surface area (Å²) in [5, 5.41) is 24.2. The lowest BCUT2D eigenvalue weighted by Gasteiger charge is -2.63. The Bertz CT molecular complexity index is 1210. The van der Waals surface area contributed by atoms with E-state index in [9.17, 15) is 24.2 Å². The number of allylic oxidation sites excluding steroid dienone is 4. The molecule has 36 heavy (non-hydrogen) atoms. The summed E-state index contributed by atoms with van der Waals surface area (Å²) in [4.78, 5) is 25.3. The van der Waals surface area contributed by atoms with Gasteiger partial charge in [0.1, 0.15) is 18.6 Å². The number of Topliss-reactive ketones (excluding diaryl/α,β-unsaturated/α-hetero) is 1. The summed E-state index contributed by atoms with van der Waals surface area (Å²) in [7, 11) is 0. The van der Waals surface area contributed by atoms with Crippen molar-refractivity contribution >= 4 is 22.9 Å². The van der Waals surface area contributed by atoms with Crippen molar-refractivity contribution in [1.82, 2.24) is 0 Å². The van der Waals surface area contributed by atoms with Crippen LogP contribution in [0.5, 0.6) is 0 Å². The van der Waals surface area contributed by atoms with Gasteiger partial charge in [-0.2, -0.15) is 0 Å². The summed E-state index contributed by atoms with van der Waals surface area (Å²) >= 11 is 1.10. The number of ether oxygens (including phenoxy) is 2. The Hall–Kier alpha value is -1.85. The topological polar surface area (TPSA) is 93.1 Å². The quantitative estimate of drug-likeness (QED) is 0.629. The predicted molar refractivity (Wildman–Crippen MR) is 122 cm³/mol. The van der Waals surface area contributed by atoms with Gasteiger partial charge in [-0.3, -0.25) is 9.59 Å². The number of fused-ring (bicyclic) bond motifs is 7. The number of aliphatic hydroxyl groups is 2. The van der Waals surface area contributed by atoms with Crippen LogP contribution < -0.4 is 0 Å². The van der Waals surface area contributed by atoms with Crippen molar-refractivity contribution in [1.29, 1.82) is 0 Å². The van der Waals surface area contributed by atoms with Crippen molar-refractivity contribution in [3.05, 3.63) is 45.9 Å². The van der Waals surface area contributed by atoms with Crippen LogP contribution in [0.3, 0.4) is 0 Å². The Labute approximate surface area is 209 Å². The van der Waals surface area contributed by atoms with E-state index in [0.29, 0.717) is 0 Å². The number of hydrogen-bond acceptors (Lipinski definition) is 7. The maximum absolute atomic E-state index is 17.3. The fourth-order valence-corrected chi connectivity index (χ4v) is 8.86. The van der Waals surface area contributed by atoms with Crippen LogP contribution in [0.25, 0.3) is 0 Å². The first-order valence-electron chi connectivity index (χ1n) is 12.1. The molecule has 0 amide bonds. The largest absolute Gasteiger partial charge is 0.390 e. The van der Waals surface area contributed by atoms with Gasteiger partial charge in [-0.15, -0.1) is 11.3 Å². The van der Waals surface area contributed by atoms with Crippen molar-refractivity contribution in [2.45, 2.75) is 69.0 Å². The van der Waals surface area contributed by atoms with Gasteiger partial charge in [0, 0.05) is 27.5 Å². The van der Waals surface area contributed by atoms with Gasteiger partial charge >= 0.3 is 0 Å². The third-order valence-electron chi connectivity index (χ3n) is 9.82. The molecular weight excluding hydrogens is 497 g/mol. The molecule has 0 radical (unpaired) electrons. The van der Waals surface area contributed by atoms with Gasteiger partial charge in [0.15, 0.2) is 29.1 Å². The lowest BCUT2D eigenvalue weighted by atomic mass is 9.44. The van der Waals surface area contributed by atoms with Gasteiger partial charge in [0.2, 0.25) is 0 Å². The second-order valence-electron chi connectivity index (χ2n) is 11.2. The average molecular weight is 525 g/mol. The molecule has 2 heterocycles. The number of rotatable bonds is 3.